The van der Waals surface area contributed by atoms with E-state index in [2.05, 4.69) is 15.9 Å². The van der Waals surface area contributed by atoms with Crippen LogP contribution in [0.3, 0.4) is 0 Å². The van der Waals surface area contributed by atoms with Gasteiger partial charge in [-0.2, -0.15) is 0 Å². The fourth-order valence-corrected chi connectivity index (χ4v) is 2.07. The van der Waals surface area contributed by atoms with Gasteiger partial charge in [-0.25, -0.2) is 0 Å². The number of benzene rings is 2. The molecule has 5 heteroatoms. The first kappa shape index (κ1) is 14.4. The molecule has 0 saturated carbocycles. The lowest BCUT2D eigenvalue weighted by atomic mass is 10.1. The Kier molecular flexibility index (Phi) is 4.29. The zero-order chi connectivity index (χ0) is 14.7. The minimum absolute atomic E-state index is 0.0919. The molecule has 0 fully saturated rings. The predicted octanol–water partition coefficient (Wildman–Crippen LogP) is 3.53. The lowest BCUT2D eigenvalue weighted by Crippen LogP contribution is -2.21. The van der Waals surface area contributed by atoms with E-state index in [-0.39, 0.29) is 5.91 Å². The van der Waals surface area contributed by atoms with Crippen molar-refractivity contribution in [3.05, 3.63) is 52.5 Å². The Labute approximate surface area is 126 Å². The van der Waals surface area contributed by atoms with Gasteiger partial charge >= 0.3 is 0 Å². The summed E-state index contributed by atoms with van der Waals surface area (Å²) in [6.45, 7) is 0. The first-order valence-corrected chi connectivity index (χ1v) is 6.81. The topological polar surface area (TPSA) is 55.6 Å². The fourth-order valence-electron chi connectivity index (χ4n) is 1.69. The van der Waals surface area contributed by atoms with Crippen molar-refractivity contribution in [2.75, 3.05) is 19.8 Å². The molecule has 0 aliphatic heterocycles. The third kappa shape index (κ3) is 3.30. The van der Waals surface area contributed by atoms with Crippen LogP contribution in [0.1, 0.15) is 10.4 Å². The summed E-state index contributed by atoms with van der Waals surface area (Å²) in [5.41, 5.74) is 6.90. The number of amides is 1. The summed E-state index contributed by atoms with van der Waals surface area (Å²) < 4.78 is 6.63. The summed E-state index contributed by atoms with van der Waals surface area (Å²) in [5, 5.41) is 0. The number of halogens is 1. The number of hydrogen-bond acceptors (Lipinski definition) is 3. The number of rotatable bonds is 3. The van der Waals surface area contributed by atoms with Crippen LogP contribution in [0, 0.1) is 0 Å². The van der Waals surface area contributed by atoms with Crippen molar-refractivity contribution in [1.82, 2.24) is 4.90 Å². The van der Waals surface area contributed by atoms with Crippen LogP contribution in [0.15, 0.2) is 46.9 Å². The van der Waals surface area contributed by atoms with Gasteiger partial charge < -0.3 is 15.4 Å². The second kappa shape index (κ2) is 5.96. The molecule has 2 rings (SSSR count). The van der Waals surface area contributed by atoms with Crippen molar-refractivity contribution in [1.29, 1.82) is 0 Å². The van der Waals surface area contributed by atoms with Crippen LogP contribution in [0.2, 0.25) is 0 Å². The summed E-state index contributed by atoms with van der Waals surface area (Å²) in [7, 11) is 3.40. The fraction of sp³-hybridized carbons (Fsp3) is 0.133. The van der Waals surface area contributed by atoms with Gasteiger partial charge in [-0.15, -0.1) is 0 Å². The van der Waals surface area contributed by atoms with E-state index in [0.29, 0.717) is 22.7 Å². The van der Waals surface area contributed by atoms with E-state index in [1.807, 2.05) is 24.3 Å². The van der Waals surface area contributed by atoms with Crippen LogP contribution >= 0.6 is 15.9 Å². The minimum atomic E-state index is -0.0919. The molecule has 0 bridgehead atoms. The molecule has 0 saturated heterocycles. The third-order valence-corrected chi connectivity index (χ3v) is 3.18. The molecule has 0 heterocycles. The van der Waals surface area contributed by atoms with Gasteiger partial charge in [0.2, 0.25) is 0 Å². The van der Waals surface area contributed by atoms with E-state index in [4.69, 9.17) is 10.5 Å². The van der Waals surface area contributed by atoms with E-state index < -0.39 is 0 Å². The van der Waals surface area contributed by atoms with E-state index in [0.717, 1.165) is 4.47 Å². The maximum Gasteiger partial charge on any atom is 0.253 e. The monoisotopic (exact) mass is 334 g/mol. The van der Waals surface area contributed by atoms with Gasteiger partial charge in [-0.3, -0.25) is 4.79 Å². The molecule has 0 atom stereocenters. The minimum Gasteiger partial charge on any atom is -0.455 e. The van der Waals surface area contributed by atoms with Gasteiger partial charge in [0, 0.05) is 24.1 Å². The Bertz CT molecular complexity index is 642. The molecule has 0 aromatic heterocycles. The van der Waals surface area contributed by atoms with Gasteiger partial charge in [-0.05, 0) is 36.4 Å². The molecule has 2 aromatic carbocycles. The number of anilines is 1. The van der Waals surface area contributed by atoms with Crippen LogP contribution in [0.4, 0.5) is 5.69 Å². The molecule has 0 unspecified atom stereocenters. The molecular weight excluding hydrogens is 320 g/mol. The van der Waals surface area contributed by atoms with Crippen LogP contribution < -0.4 is 10.5 Å². The maximum atomic E-state index is 11.8. The van der Waals surface area contributed by atoms with E-state index in [1.54, 1.807) is 32.3 Å². The smallest absolute Gasteiger partial charge is 0.253 e. The molecule has 0 radical (unpaired) electrons. The number of hydrogen-bond donors (Lipinski definition) is 1. The molecule has 0 spiro atoms. The summed E-state index contributed by atoms with van der Waals surface area (Å²) in [6.07, 6.45) is 0. The summed E-state index contributed by atoms with van der Waals surface area (Å²) >= 11 is 3.38. The number of carbonyl (C=O) groups is 1. The third-order valence-electron chi connectivity index (χ3n) is 2.69. The van der Waals surface area contributed by atoms with E-state index >= 15 is 0 Å². The average molecular weight is 335 g/mol. The average Bonchev–Trinajstić information content (AvgIpc) is 2.40. The Hall–Kier alpha value is -2.01. The number of nitrogens with two attached hydrogens (primary N) is 1. The Balaban J connectivity index is 2.24. The van der Waals surface area contributed by atoms with Crippen molar-refractivity contribution in [2.45, 2.75) is 0 Å². The van der Waals surface area contributed by atoms with Crippen molar-refractivity contribution in [3.63, 3.8) is 0 Å². The molecule has 0 aliphatic rings. The SMILES string of the molecule is CN(C)C(=O)c1ccc(Oc2cccc(Br)c2)c(N)c1. The highest BCUT2D eigenvalue weighted by Crippen LogP contribution is 2.29. The van der Waals surface area contributed by atoms with Gasteiger partial charge in [0.1, 0.15) is 11.5 Å². The van der Waals surface area contributed by atoms with Crippen molar-refractivity contribution in [2.24, 2.45) is 0 Å². The zero-order valence-corrected chi connectivity index (χ0v) is 12.8. The first-order valence-electron chi connectivity index (χ1n) is 6.02. The lowest BCUT2D eigenvalue weighted by molar-refractivity contribution is 0.0827. The Morgan fingerprint density at radius 2 is 1.95 bits per heavy atom. The van der Waals surface area contributed by atoms with Crippen molar-refractivity contribution >= 4 is 27.5 Å². The van der Waals surface area contributed by atoms with Gasteiger partial charge in [0.15, 0.2) is 0 Å². The molecule has 104 valence electrons. The number of carbonyl (C=O) groups excluding carboxylic acids is 1. The standard InChI is InChI=1S/C15H15BrN2O2/c1-18(2)15(19)10-6-7-14(13(17)8-10)20-12-5-3-4-11(16)9-12/h3-9H,17H2,1-2H3. The molecular formula is C15H15BrN2O2. The summed E-state index contributed by atoms with van der Waals surface area (Å²) in [6, 6.07) is 12.5. The molecule has 20 heavy (non-hydrogen) atoms. The second-order valence-electron chi connectivity index (χ2n) is 4.51. The molecule has 2 N–H and O–H groups in total. The number of nitrogens with zero attached hydrogens (tertiary/aromatic N) is 1. The van der Waals surface area contributed by atoms with Gasteiger partial charge in [0.25, 0.3) is 5.91 Å². The van der Waals surface area contributed by atoms with Crippen molar-refractivity contribution in [3.8, 4) is 11.5 Å². The predicted molar refractivity (Wildman–Crippen MR) is 83.1 cm³/mol. The highest BCUT2D eigenvalue weighted by atomic mass is 79.9. The van der Waals surface area contributed by atoms with Crippen LogP contribution in [0.5, 0.6) is 11.5 Å². The van der Waals surface area contributed by atoms with E-state index in [9.17, 15) is 4.79 Å². The highest BCUT2D eigenvalue weighted by molar-refractivity contribution is 9.10. The molecule has 1 amide bonds. The summed E-state index contributed by atoms with van der Waals surface area (Å²) in [5.74, 6) is 1.11. The maximum absolute atomic E-state index is 11.8. The van der Waals surface area contributed by atoms with Crippen molar-refractivity contribution < 1.29 is 9.53 Å². The normalized spacial score (nSPS) is 10.2. The van der Waals surface area contributed by atoms with Gasteiger partial charge in [0.05, 0.1) is 5.69 Å². The van der Waals surface area contributed by atoms with Gasteiger partial charge in [-0.1, -0.05) is 22.0 Å². The Morgan fingerprint density at radius 3 is 2.55 bits per heavy atom. The van der Waals surface area contributed by atoms with Crippen LogP contribution in [-0.4, -0.2) is 24.9 Å². The highest BCUT2D eigenvalue weighted by Gasteiger charge is 2.11. The quantitative estimate of drug-likeness (QED) is 0.873. The number of ether oxygens (including phenoxy) is 1. The molecule has 2 aromatic rings. The summed E-state index contributed by atoms with van der Waals surface area (Å²) in [4.78, 5) is 13.3. The second-order valence-corrected chi connectivity index (χ2v) is 5.43. The Morgan fingerprint density at radius 1 is 1.20 bits per heavy atom. The molecule has 0 aliphatic carbocycles. The van der Waals surface area contributed by atoms with E-state index in [1.165, 1.54) is 4.90 Å². The number of nitrogen functional groups attached to an aromatic ring is 1. The van der Waals surface area contributed by atoms with Crippen LogP contribution in [0.25, 0.3) is 0 Å². The van der Waals surface area contributed by atoms with Crippen LogP contribution in [-0.2, 0) is 0 Å². The largest absolute Gasteiger partial charge is 0.455 e. The first-order chi connectivity index (χ1) is 9.47. The lowest BCUT2D eigenvalue weighted by Gasteiger charge is -2.13. The molecule has 4 nitrogen and oxygen atoms in total. The zero-order valence-electron chi connectivity index (χ0n) is 11.3.